The lowest BCUT2D eigenvalue weighted by atomic mass is 10.1. The third kappa shape index (κ3) is 5.95. The Morgan fingerprint density at radius 1 is 1.12 bits per heavy atom. The number of nitrogens with zero attached hydrogens (tertiary/aromatic N) is 1. The molecule has 0 aliphatic heterocycles. The molecular weight excluding hydrogens is 343 g/mol. The number of sulfonamides is 1. The van der Waals surface area contributed by atoms with Crippen LogP contribution in [0.4, 0.5) is 4.39 Å². The quantitative estimate of drug-likeness (QED) is 0.821. The van der Waals surface area contributed by atoms with Crippen LogP contribution >= 0.6 is 0 Å². The Hall–Kier alpha value is -2.25. The van der Waals surface area contributed by atoms with E-state index in [-0.39, 0.29) is 24.9 Å². The summed E-state index contributed by atoms with van der Waals surface area (Å²) in [5.74, 6) is -0.772. The van der Waals surface area contributed by atoms with Crippen LogP contribution in [0.1, 0.15) is 24.1 Å². The first kappa shape index (κ1) is 19.1. The van der Waals surface area contributed by atoms with Crippen LogP contribution in [0.3, 0.4) is 0 Å². The molecule has 0 fully saturated rings. The predicted molar refractivity (Wildman–Crippen MR) is 94.7 cm³/mol. The van der Waals surface area contributed by atoms with E-state index in [0.29, 0.717) is 0 Å². The van der Waals surface area contributed by atoms with Gasteiger partial charge in [-0.15, -0.1) is 0 Å². The Morgan fingerprint density at radius 3 is 2.28 bits per heavy atom. The predicted octanol–water partition coefficient (Wildman–Crippen LogP) is 2.46. The fraction of sp³-hybridized carbons (Fsp3) is 0.278. The minimum Gasteiger partial charge on any atom is -0.348 e. The van der Waals surface area contributed by atoms with Gasteiger partial charge < -0.3 is 5.32 Å². The van der Waals surface area contributed by atoms with E-state index in [1.807, 2.05) is 18.2 Å². The molecule has 5 nitrogen and oxygen atoms in total. The molecule has 25 heavy (non-hydrogen) atoms. The third-order valence-corrected chi connectivity index (χ3v) is 4.93. The minimum atomic E-state index is -3.54. The zero-order chi connectivity index (χ0) is 18.4. The van der Waals surface area contributed by atoms with Gasteiger partial charge in [0.15, 0.2) is 0 Å². The zero-order valence-corrected chi connectivity index (χ0v) is 15.0. The van der Waals surface area contributed by atoms with Gasteiger partial charge in [0.05, 0.1) is 18.8 Å². The van der Waals surface area contributed by atoms with E-state index in [0.717, 1.165) is 21.7 Å². The van der Waals surface area contributed by atoms with Crippen molar-refractivity contribution in [2.45, 2.75) is 19.5 Å². The molecule has 0 unspecified atom stereocenters. The second kappa shape index (κ2) is 8.22. The van der Waals surface area contributed by atoms with Gasteiger partial charge >= 0.3 is 0 Å². The molecule has 0 aliphatic carbocycles. The maximum atomic E-state index is 13.0. The van der Waals surface area contributed by atoms with Gasteiger partial charge in [-0.25, -0.2) is 12.8 Å². The number of amides is 1. The average Bonchev–Trinajstić information content (AvgIpc) is 2.55. The van der Waals surface area contributed by atoms with Crippen molar-refractivity contribution in [1.29, 1.82) is 0 Å². The van der Waals surface area contributed by atoms with Gasteiger partial charge in [-0.3, -0.25) is 4.79 Å². The van der Waals surface area contributed by atoms with Gasteiger partial charge in [-0.2, -0.15) is 4.31 Å². The highest BCUT2D eigenvalue weighted by Crippen LogP contribution is 2.13. The first-order chi connectivity index (χ1) is 11.8. The van der Waals surface area contributed by atoms with Gasteiger partial charge in [0.1, 0.15) is 5.82 Å². The maximum absolute atomic E-state index is 13.0. The third-order valence-electron chi connectivity index (χ3n) is 3.74. The van der Waals surface area contributed by atoms with Crippen molar-refractivity contribution in [3.05, 3.63) is 71.5 Å². The van der Waals surface area contributed by atoms with Crippen molar-refractivity contribution in [1.82, 2.24) is 9.62 Å². The second-order valence-corrected chi connectivity index (χ2v) is 7.84. The van der Waals surface area contributed by atoms with Gasteiger partial charge in [0, 0.05) is 6.54 Å². The van der Waals surface area contributed by atoms with Crippen LogP contribution in [0.2, 0.25) is 0 Å². The number of hydrogen-bond donors (Lipinski definition) is 1. The monoisotopic (exact) mass is 364 g/mol. The van der Waals surface area contributed by atoms with Crippen LogP contribution in [0, 0.1) is 5.82 Å². The van der Waals surface area contributed by atoms with Gasteiger partial charge in [0.25, 0.3) is 0 Å². The number of carbonyl (C=O) groups excluding carboxylic acids is 1. The number of carbonyl (C=O) groups is 1. The van der Waals surface area contributed by atoms with Crippen LogP contribution in [-0.2, 0) is 21.4 Å². The maximum Gasteiger partial charge on any atom is 0.235 e. The second-order valence-electron chi connectivity index (χ2n) is 5.86. The first-order valence-corrected chi connectivity index (χ1v) is 9.64. The fourth-order valence-corrected chi connectivity index (χ4v) is 3.09. The standard InChI is InChI=1S/C18H21FN2O3S/c1-14(16-8-10-17(19)11-9-16)20-18(22)13-21(25(2,23)24)12-15-6-4-3-5-7-15/h3-11,14H,12-13H2,1-2H3,(H,20,22)/t14-/m1/s1. The normalized spacial score (nSPS) is 12.8. The minimum absolute atomic E-state index is 0.123. The Labute approximate surface area is 147 Å². The van der Waals surface area contributed by atoms with Crippen LogP contribution in [0.5, 0.6) is 0 Å². The Kier molecular flexibility index (Phi) is 6.27. The number of hydrogen-bond acceptors (Lipinski definition) is 3. The van der Waals surface area contributed by atoms with E-state index in [2.05, 4.69) is 5.32 Å². The topological polar surface area (TPSA) is 66.5 Å². The summed E-state index contributed by atoms with van der Waals surface area (Å²) in [6.45, 7) is 1.60. The van der Waals surface area contributed by atoms with Crippen molar-refractivity contribution >= 4 is 15.9 Å². The number of nitrogens with one attached hydrogen (secondary N) is 1. The molecular formula is C18H21FN2O3S. The number of benzene rings is 2. The van der Waals surface area contributed by atoms with Crippen LogP contribution < -0.4 is 5.32 Å². The first-order valence-electron chi connectivity index (χ1n) is 7.79. The lowest BCUT2D eigenvalue weighted by Crippen LogP contribution is -2.40. The van der Waals surface area contributed by atoms with Gasteiger partial charge in [-0.1, -0.05) is 42.5 Å². The summed E-state index contributed by atoms with van der Waals surface area (Å²) in [4.78, 5) is 12.2. The van der Waals surface area contributed by atoms with Gasteiger partial charge in [-0.05, 0) is 30.2 Å². The molecule has 0 saturated carbocycles. The van der Waals surface area contributed by atoms with E-state index >= 15 is 0 Å². The number of rotatable bonds is 7. The summed E-state index contributed by atoms with van der Waals surface area (Å²) in [7, 11) is -3.54. The number of halogens is 1. The lowest BCUT2D eigenvalue weighted by molar-refractivity contribution is -0.122. The summed E-state index contributed by atoms with van der Waals surface area (Å²) in [6.07, 6.45) is 1.08. The largest absolute Gasteiger partial charge is 0.348 e. The van der Waals surface area contributed by atoms with Crippen molar-refractivity contribution in [3.63, 3.8) is 0 Å². The summed E-state index contributed by atoms with van der Waals surface area (Å²) >= 11 is 0. The van der Waals surface area contributed by atoms with E-state index < -0.39 is 15.9 Å². The SMILES string of the molecule is C[C@@H](NC(=O)CN(Cc1ccccc1)S(C)(=O)=O)c1ccc(F)cc1. The van der Waals surface area contributed by atoms with Crippen LogP contribution in [-0.4, -0.2) is 31.4 Å². The molecule has 134 valence electrons. The fourth-order valence-electron chi connectivity index (χ4n) is 2.36. The van der Waals surface area contributed by atoms with E-state index in [1.165, 1.54) is 12.1 Å². The highest BCUT2D eigenvalue weighted by molar-refractivity contribution is 7.88. The lowest BCUT2D eigenvalue weighted by Gasteiger charge is -2.21. The Balaban J connectivity index is 2.03. The molecule has 0 aliphatic rings. The molecule has 0 radical (unpaired) electrons. The average molecular weight is 364 g/mol. The van der Waals surface area contributed by atoms with Gasteiger partial charge in [0.2, 0.25) is 15.9 Å². The summed E-state index contributed by atoms with van der Waals surface area (Å²) in [5, 5.41) is 2.74. The van der Waals surface area contributed by atoms with Crippen LogP contribution in [0.25, 0.3) is 0 Å². The van der Waals surface area contributed by atoms with Crippen molar-refractivity contribution in [3.8, 4) is 0 Å². The smallest absolute Gasteiger partial charge is 0.235 e. The molecule has 1 atom stereocenters. The van der Waals surface area contributed by atoms with Crippen molar-refractivity contribution in [2.24, 2.45) is 0 Å². The zero-order valence-electron chi connectivity index (χ0n) is 14.1. The molecule has 2 aromatic rings. The molecule has 0 heterocycles. The molecule has 2 rings (SSSR count). The van der Waals surface area contributed by atoms with Crippen molar-refractivity contribution < 1.29 is 17.6 Å². The molecule has 7 heteroatoms. The summed E-state index contributed by atoms with van der Waals surface area (Å²) in [5.41, 5.74) is 1.54. The highest BCUT2D eigenvalue weighted by Gasteiger charge is 2.21. The Morgan fingerprint density at radius 2 is 1.72 bits per heavy atom. The summed E-state index contributed by atoms with van der Waals surface area (Å²) < 4.78 is 38.0. The molecule has 0 saturated heterocycles. The van der Waals surface area contributed by atoms with E-state index in [1.54, 1.807) is 31.2 Å². The van der Waals surface area contributed by atoms with E-state index in [4.69, 9.17) is 0 Å². The summed E-state index contributed by atoms with van der Waals surface area (Å²) in [6, 6.07) is 14.5. The molecule has 0 spiro atoms. The van der Waals surface area contributed by atoms with Crippen LogP contribution in [0.15, 0.2) is 54.6 Å². The molecule has 1 N–H and O–H groups in total. The van der Waals surface area contributed by atoms with Crippen molar-refractivity contribution in [2.75, 3.05) is 12.8 Å². The van der Waals surface area contributed by atoms with E-state index in [9.17, 15) is 17.6 Å². The molecule has 0 bridgehead atoms. The molecule has 2 aromatic carbocycles. The highest BCUT2D eigenvalue weighted by atomic mass is 32.2. The Bertz CT molecular complexity index is 808. The molecule has 1 amide bonds. The molecule has 0 aromatic heterocycles.